The molecule has 17 heavy (non-hydrogen) atoms. The van der Waals surface area contributed by atoms with E-state index in [2.05, 4.69) is 36.8 Å². The van der Waals surface area contributed by atoms with Gasteiger partial charge in [-0.05, 0) is 52.7 Å². The van der Waals surface area contributed by atoms with Gasteiger partial charge in [0.05, 0.1) is 4.47 Å². The minimum absolute atomic E-state index is 0.136. The summed E-state index contributed by atoms with van der Waals surface area (Å²) in [6.45, 7) is 1.92. The maximum absolute atomic E-state index is 13.5. The minimum atomic E-state index is -0.428. The van der Waals surface area contributed by atoms with E-state index in [-0.39, 0.29) is 5.75 Å². The molecule has 1 aromatic carbocycles. The van der Waals surface area contributed by atoms with Gasteiger partial charge in [-0.1, -0.05) is 15.9 Å². The number of rotatable bonds is 2. The number of ether oxygens (including phenoxy) is 1. The SMILES string of the molecule is Cc1cnc(Oc2cc(Br)ccc2F)c(Br)c1. The van der Waals surface area contributed by atoms with Gasteiger partial charge in [0.25, 0.3) is 0 Å². The van der Waals surface area contributed by atoms with Crippen molar-refractivity contribution in [2.45, 2.75) is 6.92 Å². The zero-order valence-corrected chi connectivity index (χ0v) is 12.0. The van der Waals surface area contributed by atoms with Crippen molar-refractivity contribution in [3.63, 3.8) is 0 Å². The summed E-state index contributed by atoms with van der Waals surface area (Å²) in [4.78, 5) is 4.09. The molecule has 2 rings (SSSR count). The van der Waals surface area contributed by atoms with E-state index < -0.39 is 5.82 Å². The molecule has 2 nitrogen and oxygen atoms in total. The van der Waals surface area contributed by atoms with Gasteiger partial charge in [0.1, 0.15) is 0 Å². The monoisotopic (exact) mass is 359 g/mol. The Balaban J connectivity index is 2.34. The zero-order chi connectivity index (χ0) is 12.4. The average molecular weight is 361 g/mol. The second-order valence-electron chi connectivity index (χ2n) is 3.48. The van der Waals surface area contributed by atoms with Crippen LogP contribution in [0.5, 0.6) is 11.6 Å². The molecule has 0 N–H and O–H groups in total. The summed E-state index contributed by atoms with van der Waals surface area (Å²) in [5, 5.41) is 0. The Hall–Kier alpha value is -0.940. The molecule has 0 unspecified atom stereocenters. The molecule has 0 saturated carbocycles. The second kappa shape index (κ2) is 5.14. The van der Waals surface area contributed by atoms with Gasteiger partial charge < -0.3 is 4.74 Å². The minimum Gasteiger partial charge on any atom is -0.435 e. The van der Waals surface area contributed by atoms with Crippen LogP contribution in [0.1, 0.15) is 5.56 Å². The normalized spacial score (nSPS) is 10.4. The Kier molecular flexibility index (Phi) is 3.79. The van der Waals surface area contributed by atoms with Gasteiger partial charge in [-0.3, -0.25) is 0 Å². The molecular weight excluding hydrogens is 353 g/mol. The first kappa shape index (κ1) is 12.5. The molecular formula is C12H8Br2FNO. The lowest BCUT2D eigenvalue weighted by atomic mass is 10.3. The number of halogens is 3. The summed E-state index contributed by atoms with van der Waals surface area (Å²) in [5.41, 5.74) is 0.999. The van der Waals surface area contributed by atoms with Crippen LogP contribution in [0.4, 0.5) is 4.39 Å². The van der Waals surface area contributed by atoms with Gasteiger partial charge >= 0.3 is 0 Å². The molecule has 5 heteroatoms. The molecule has 2 aromatic rings. The van der Waals surface area contributed by atoms with Gasteiger partial charge in [0.15, 0.2) is 11.6 Å². The summed E-state index contributed by atoms with van der Waals surface area (Å²) in [6, 6.07) is 6.36. The molecule has 0 atom stereocenters. The van der Waals surface area contributed by atoms with Crippen LogP contribution >= 0.6 is 31.9 Å². The Bertz CT molecular complexity index is 560. The Morgan fingerprint density at radius 3 is 2.71 bits per heavy atom. The predicted molar refractivity (Wildman–Crippen MR) is 70.8 cm³/mol. The first-order chi connectivity index (χ1) is 8.06. The molecule has 0 bridgehead atoms. The van der Waals surface area contributed by atoms with Crippen LogP contribution in [-0.2, 0) is 0 Å². The lowest BCUT2D eigenvalue weighted by Crippen LogP contribution is -1.92. The van der Waals surface area contributed by atoms with Crippen molar-refractivity contribution in [2.24, 2.45) is 0 Å². The van der Waals surface area contributed by atoms with Crippen molar-refractivity contribution >= 4 is 31.9 Å². The fourth-order valence-corrected chi connectivity index (χ4v) is 2.14. The first-order valence-corrected chi connectivity index (χ1v) is 6.40. The highest BCUT2D eigenvalue weighted by molar-refractivity contribution is 9.10. The number of hydrogen-bond acceptors (Lipinski definition) is 2. The Morgan fingerprint density at radius 1 is 1.24 bits per heavy atom. The van der Waals surface area contributed by atoms with Crippen LogP contribution in [0.15, 0.2) is 39.4 Å². The summed E-state index contributed by atoms with van der Waals surface area (Å²) in [5.74, 6) is 0.0477. The average Bonchev–Trinajstić information content (AvgIpc) is 2.27. The number of hydrogen-bond donors (Lipinski definition) is 0. The van der Waals surface area contributed by atoms with E-state index in [0.717, 1.165) is 10.0 Å². The zero-order valence-electron chi connectivity index (χ0n) is 8.88. The fourth-order valence-electron chi connectivity index (χ4n) is 1.26. The summed E-state index contributed by atoms with van der Waals surface area (Å²) in [7, 11) is 0. The molecule has 1 heterocycles. The van der Waals surface area contributed by atoms with E-state index in [4.69, 9.17) is 4.74 Å². The molecule has 0 fully saturated rings. The molecule has 0 radical (unpaired) electrons. The van der Waals surface area contributed by atoms with Crippen LogP contribution < -0.4 is 4.74 Å². The van der Waals surface area contributed by atoms with Crippen LogP contribution in [0, 0.1) is 12.7 Å². The van der Waals surface area contributed by atoms with Crippen LogP contribution in [0.3, 0.4) is 0 Å². The molecule has 88 valence electrons. The highest BCUT2D eigenvalue weighted by atomic mass is 79.9. The van der Waals surface area contributed by atoms with Crippen molar-refractivity contribution < 1.29 is 9.13 Å². The number of nitrogens with zero attached hydrogens (tertiary/aromatic N) is 1. The van der Waals surface area contributed by atoms with E-state index in [0.29, 0.717) is 10.4 Å². The van der Waals surface area contributed by atoms with Gasteiger partial charge in [0, 0.05) is 10.7 Å². The van der Waals surface area contributed by atoms with E-state index in [1.165, 1.54) is 6.07 Å². The van der Waals surface area contributed by atoms with Crippen molar-refractivity contribution in [2.75, 3.05) is 0 Å². The molecule has 0 aliphatic carbocycles. The van der Waals surface area contributed by atoms with Gasteiger partial charge in [0.2, 0.25) is 5.88 Å². The first-order valence-electron chi connectivity index (χ1n) is 4.81. The lowest BCUT2D eigenvalue weighted by Gasteiger charge is -2.08. The molecule has 0 aliphatic rings. The number of aromatic nitrogens is 1. The quantitative estimate of drug-likeness (QED) is 0.763. The fraction of sp³-hybridized carbons (Fsp3) is 0.0833. The van der Waals surface area contributed by atoms with Crippen LogP contribution in [0.25, 0.3) is 0 Å². The van der Waals surface area contributed by atoms with Gasteiger partial charge in [-0.2, -0.15) is 0 Å². The van der Waals surface area contributed by atoms with E-state index in [9.17, 15) is 4.39 Å². The Labute approximate surface area is 115 Å². The third kappa shape index (κ3) is 3.04. The summed E-state index contributed by atoms with van der Waals surface area (Å²) >= 11 is 6.59. The van der Waals surface area contributed by atoms with E-state index in [1.807, 2.05) is 13.0 Å². The summed E-state index contributed by atoms with van der Waals surface area (Å²) < 4.78 is 20.3. The molecule has 0 saturated heterocycles. The molecule has 0 aliphatic heterocycles. The van der Waals surface area contributed by atoms with E-state index in [1.54, 1.807) is 18.3 Å². The molecule has 1 aromatic heterocycles. The lowest BCUT2D eigenvalue weighted by molar-refractivity contribution is 0.424. The predicted octanol–water partition coefficient (Wildman–Crippen LogP) is 4.85. The third-order valence-corrected chi connectivity index (χ3v) is 3.11. The number of benzene rings is 1. The van der Waals surface area contributed by atoms with Crippen molar-refractivity contribution in [3.8, 4) is 11.6 Å². The highest BCUT2D eigenvalue weighted by Crippen LogP contribution is 2.31. The largest absolute Gasteiger partial charge is 0.435 e. The Morgan fingerprint density at radius 2 is 2.00 bits per heavy atom. The van der Waals surface area contributed by atoms with Gasteiger partial charge in [-0.25, -0.2) is 9.37 Å². The molecule has 0 amide bonds. The second-order valence-corrected chi connectivity index (χ2v) is 5.25. The number of pyridine rings is 1. The van der Waals surface area contributed by atoms with Crippen LogP contribution in [0.2, 0.25) is 0 Å². The smallest absolute Gasteiger partial charge is 0.233 e. The van der Waals surface area contributed by atoms with Crippen molar-refractivity contribution in [3.05, 3.63) is 50.8 Å². The topological polar surface area (TPSA) is 22.1 Å². The van der Waals surface area contributed by atoms with E-state index >= 15 is 0 Å². The summed E-state index contributed by atoms with van der Waals surface area (Å²) in [6.07, 6.45) is 1.66. The van der Waals surface area contributed by atoms with Gasteiger partial charge in [-0.15, -0.1) is 0 Å². The molecule has 0 spiro atoms. The maximum Gasteiger partial charge on any atom is 0.233 e. The standard InChI is InChI=1S/C12H8Br2FNO/c1-7-4-9(14)12(16-6-7)17-11-5-8(13)2-3-10(11)15/h2-6H,1H3. The van der Waals surface area contributed by atoms with Crippen LogP contribution in [-0.4, -0.2) is 4.98 Å². The highest BCUT2D eigenvalue weighted by Gasteiger charge is 2.09. The third-order valence-electron chi connectivity index (χ3n) is 2.04. The van der Waals surface area contributed by atoms with Crippen molar-refractivity contribution in [1.82, 2.24) is 4.98 Å². The number of aryl methyl sites for hydroxylation is 1. The maximum atomic E-state index is 13.5. The van der Waals surface area contributed by atoms with Crippen molar-refractivity contribution in [1.29, 1.82) is 0 Å².